The van der Waals surface area contributed by atoms with Crippen molar-refractivity contribution in [2.75, 3.05) is 0 Å². The van der Waals surface area contributed by atoms with E-state index in [0.29, 0.717) is 0 Å². The van der Waals surface area contributed by atoms with Crippen molar-refractivity contribution in [2.45, 2.75) is 46.1 Å². The van der Waals surface area contributed by atoms with Crippen LogP contribution in [0.1, 0.15) is 39.2 Å². The van der Waals surface area contributed by atoms with Crippen molar-refractivity contribution >= 4 is 26.5 Å². The Hall–Kier alpha value is -2.33. The number of hydrogen-bond donors (Lipinski definition) is 0. The lowest BCUT2D eigenvalue weighted by molar-refractivity contribution is 0.242. The van der Waals surface area contributed by atoms with Gasteiger partial charge in [0.05, 0.1) is 22.0 Å². The van der Waals surface area contributed by atoms with E-state index in [0.717, 1.165) is 28.4 Å². The molecule has 4 aromatic rings. The van der Waals surface area contributed by atoms with Gasteiger partial charge in [-0.25, -0.2) is 4.98 Å². The lowest BCUT2D eigenvalue weighted by Gasteiger charge is -2.09. The molecule has 0 saturated heterocycles. The Morgan fingerprint density at radius 1 is 1.12 bits per heavy atom. The Bertz CT molecular complexity index is 1030. The summed E-state index contributed by atoms with van der Waals surface area (Å²) in [6.07, 6.45) is 5.96. The topological polar surface area (TPSA) is 26.5 Å². The van der Waals surface area contributed by atoms with E-state index >= 15 is 0 Å². The number of hydrogen-bond acceptors (Lipinski definition) is 3. The maximum atomic E-state index is 5.72. The van der Waals surface area contributed by atoms with Gasteiger partial charge in [0, 0.05) is 11.8 Å². The zero-order valence-corrected chi connectivity index (χ0v) is 16.3. The number of imidazole rings is 1. The smallest absolute Gasteiger partial charge is 0.195 e. The van der Waals surface area contributed by atoms with Gasteiger partial charge in [0.15, 0.2) is 4.96 Å². The molecule has 2 aromatic carbocycles. The molecule has 0 bridgehead atoms. The van der Waals surface area contributed by atoms with Crippen LogP contribution in [0.5, 0.6) is 5.75 Å². The molecule has 0 amide bonds. The van der Waals surface area contributed by atoms with Gasteiger partial charge >= 0.3 is 0 Å². The monoisotopic (exact) mass is 364 g/mol. The van der Waals surface area contributed by atoms with Crippen LogP contribution in [0.2, 0.25) is 0 Å². The van der Waals surface area contributed by atoms with Gasteiger partial charge in [-0.2, -0.15) is 0 Å². The number of rotatable bonds is 6. The minimum Gasteiger partial charge on any atom is -0.491 e. The lowest BCUT2D eigenvalue weighted by atomic mass is 10.1. The summed E-state index contributed by atoms with van der Waals surface area (Å²) < 4.78 is 9.24. The molecule has 4 heteroatoms. The maximum absolute atomic E-state index is 5.72. The third-order valence-corrected chi connectivity index (χ3v) is 5.52. The molecule has 3 nitrogen and oxygen atoms in total. The Morgan fingerprint density at radius 3 is 2.65 bits per heavy atom. The van der Waals surface area contributed by atoms with E-state index in [2.05, 4.69) is 47.9 Å². The van der Waals surface area contributed by atoms with Crippen LogP contribution < -0.4 is 4.74 Å². The van der Waals surface area contributed by atoms with Gasteiger partial charge in [-0.05, 0) is 68.7 Å². The van der Waals surface area contributed by atoms with Gasteiger partial charge in [-0.3, -0.25) is 4.40 Å². The molecule has 2 aromatic heterocycles. The standard InChI is InChI=1S/C22H24N2OS/c1-4-5-6-16-7-12-20-21(13-16)26-22-23-19(14-24(20)22)17-8-10-18(11-9-17)25-15(2)3/h7-15H,4-6H2,1-3H3. The number of aromatic nitrogens is 2. The summed E-state index contributed by atoms with van der Waals surface area (Å²) in [6.45, 7) is 6.31. The van der Waals surface area contributed by atoms with Crippen molar-refractivity contribution in [3.63, 3.8) is 0 Å². The number of unbranched alkanes of at least 4 members (excludes halogenated alkanes) is 1. The molecule has 134 valence electrons. The van der Waals surface area contributed by atoms with Gasteiger partial charge in [-0.15, -0.1) is 0 Å². The molecule has 0 unspecified atom stereocenters. The number of aryl methyl sites for hydroxylation is 1. The normalized spacial score (nSPS) is 11.7. The zero-order chi connectivity index (χ0) is 18.1. The number of fused-ring (bicyclic) bond motifs is 3. The summed E-state index contributed by atoms with van der Waals surface area (Å²) >= 11 is 1.76. The van der Waals surface area contributed by atoms with Gasteiger partial charge < -0.3 is 4.74 Å². The van der Waals surface area contributed by atoms with Crippen LogP contribution in [0.3, 0.4) is 0 Å². The highest BCUT2D eigenvalue weighted by Crippen LogP contribution is 2.31. The molecular formula is C22H24N2OS. The molecule has 26 heavy (non-hydrogen) atoms. The number of benzene rings is 2. The largest absolute Gasteiger partial charge is 0.491 e. The fraction of sp³-hybridized carbons (Fsp3) is 0.318. The molecule has 0 aliphatic rings. The molecular weight excluding hydrogens is 340 g/mol. The van der Waals surface area contributed by atoms with Crippen LogP contribution in [-0.4, -0.2) is 15.5 Å². The third-order valence-electron chi connectivity index (χ3n) is 4.50. The van der Waals surface area contributed by atoms with Gasteiger partial charge in [0.25, 0.3) is 0 Å². The molecule has 0 atom stereocenters. The molecule has 0 aliphatic heterocycles. The first-order valence-corrected chi connectivity index (χ1v) is 10.1. The first-order valence-electron chi connectivity index (χ1n) is 9.31. The van der Waals surface area contributed by atoms with E-state index in [1.807, 2.05) is 26.0 Å². The van der Waals surface area contributed by atoms with Crippen LogP contribution >= 0.6 is 11.3 Å². The summed E-state index contributed by atoms with van der Waals surface area (Å²) in [5.74, 6) is 0.898. The lowest BCUT2D eigenvalue weighted by Crippen LogP contribution is -2.05. The first kappa shape index (κ1) is 17.1. The maximum Gasteiger partial charge on any atom is 0.195 e. The molecule has 2 heterocycles. The van der Waals surface area contributed by atoms with Crippen LogP contribution in [0, 0.1) is 0 Å². The summed E-state index contributed by atoms with van der Waals surface area (Å²) in [4.78, 5) is 5.89. The third kappa shape index (κ3) is 3.34. The number of nitrogens with zero attached hydrogens (tertiary/aromatic N) is 2. The predicted octanol–water partition coefficient (Wildman–Crippen LogP) is 6.35. The fourth-order valence-electron chi connectivity index (χ4n) is 3.20. The molecule has 0 saturated carbocycles. The molecule has 4 rings (SSSR count). The van der Waals surface area contributed by atoms with Crippen molar-refractivity contribution in [2.24, 2.45) is 0 Å². The number of ether oxygens (including phenoxy) is 1. The average Bonchev–Trinajstić information content (AvgIpc) is 3.17. The molecule has 0 radical (unpaired) electrons. The van der Waals surface area contributed by atoms with Crippen molar-refractivity contribution in [1.82, 2.24) is 9.38 Å². The van der Waals surface area contributed by atoms with Crippen LogP contribution in [0.4, 0.5) is 0 Å². The van der Waals surface area contributed by atoms with Crippen molar-refractivity contribution in [3.05, 3.63) is 54.2 Å². The second kappa shape index (κ2) is 7.12. The average molecular weight is 365 g/mol. The quantitative estimate of drug-likeness (QED) is 0.399. The SMILES string of the molecule is CCCCc1ccc2c(c1)sc1nc(-c3ccc(OC(C)C)cc3)cn12. The van der Waals surface area contributed by atoms with E-state index in [-0.39, 0.29) is 6.10 Å². The van der Waals surface area contributed by atoms with E-state index in [1.165, 1.54) is 28.6 Å². The number of thiazole rings is 1. The summed E-state index contributed by atoms with van der Waals surface area (Å²) in [6, 6.07) is 15.0. The van der Waals surface area contributed by atoms with E-state index in [4.69, 9.17) is 9.72 Å². The highest BCUT2D eigenvalue weighted by molar-refractivity contribution is 7.23. The minimum absolute atomic E-state index is 0.187. The fourth-order valence-corrected chi connectivity index (χ4v) is 4.27. The van der Waals surface area contributed by atoms with Crippen molar-refractivity contribution in [3.8, 4) is 17.0 Å². The van der Waals surface area contributed by atoms with E-state index < -0.39 is 0 Å². The molecule has 0 spiro atoms. The Labute approximate surface area is 158 Å². The second-order valence-electron chi connectivity index (χ2n) is 6.98. The molecule has 0 aliphatic carbocycles. The van der Waals surface area contributed by atoms with Gasteiger partial charge in [-0.1, -0.05) is 30.7 Å². The second-order valence-corrected chi connectivity index (χ2v) is 7.99. The highest BCUT2D eigenvalue weighted by Gasteiger charge is 2.11. The minimum atomic E-state index is 0.187. The predicted molar refractivity (Wildman–Crippen MR) is 110 cm³/mol. The van der Waals surface area contributed by atoms with Crippen molar-refractivity contribution < 1.29 is 4.74 Å². The van der Waals surface area contributed by atoms with E-state index in [9.17, 15) is 0 Å². The molecule has 0 N–H and O–H groups in total. The highest BCUT2D eigenvalue weighted by atomic mass is 32.1. The Kier molecular flexibility index (Phi) is 4.68. The summed E-state index contributed by atoms with van der Waals surface area (Å²) in [7, 11) is 0. The van der Waals surface area contributed by atoms with Crippen LogP contribution in [0.25, 0.3) is 26.4 Å². The van der Waals surface area contributed by atoms with Gasteiger partial charge in [0.1, 0.15) is 5.75 Å². The van der Waals surface area contributed by atoms with Gasteiger partial charge in [0.2, 0.25) is 0 Å². The van der Waals surface area contributed by atoms with Crippen LogP contribution in [0.15, 0.2) is 48.7 Å². The molecule has 0 fully saturated rings. The summed E-state index contributed by atoms with van der Waals surface area (Å²) in [5, 5.41) is 0. The van der Waals surface area contributed by atoms with E-state index in [1.54, 1.807) is 11.3 Å². The first-order chi connectivity index (χ1) is 12.6. The van der Waals surface area contributed by atoms with Crippen LogP contribution in [-0.2, 0) is 6.42 Å². The Morgan fingerprint density at radius 2 is 1.92 bits per heavy atom. The Balaban J connectivity index is 1.65. The zero-order valence-electron chi connectivity index (χ0n) is 15.5. The summed E-state index contributed by atoms with van der Waals surface area (Å²) in [5.41, 5.74) is 4.78. The van der Waals surface area contributed by atoms with Crippen molar-refractivity contribution in [1.29, 1.82) is 0 Å².